The lowest BCUT2D eigenvalue weighted by molar-refractivity contribution is -0.115. The predicted molar refractivity (Wildman–Crippen MR) is 83.7 cm³/mol. The van der Waals surface area contributed by atoms with Crippen LogP contribution in [-0.4, -0.2) is 10.8 Å². The number of aromatic nitrogens is 1. The van der Waals surface area contributed by atoms with E-state index >= 15 is 0 Å². The summed E-state index contributed by atoms with van der Waals surface area (Å²) in [6.07, 6.45) is 8.40. The molecule has 2 nitrogen and oxygen atoms in total. The van der Waals surface area contributed by atoms with Crippen molar-refractivity contribution in [3.63, 3.8) is 0 Å². The SMILES string of the molecule is Cc1[nH]c2ccccc2c1/C=C1\CCCCCCC1=O. The summed E-state index contributed by atoms with van der Waals surface area (Å²) in [6, 6.07) is 8.30. The van der Waals surface area contributed by atoms with Crippen LogP contribution in [0.3, 0.4) is 0 Å². The van der Waals surface area contributed by atoms with Crippen LogP contribution < -0.4 is 0 Å². The summed E-state index contributed by atoms with van der Waals surface area (Å²) >= 11 is 0. The standard InChI is InChI=1S/C18H21NO/c1-13-16(15-9-6-7-10-17(15)19-13)12-14-8-4-2-3-5-11-18(14)20/h6-7,9-10,12,19H,2-5,8,11H2,1H3/b14-12+. The Labute approximate surface area is 119 Å². The Bertz CT molecular complexity index is 663. The molecule has 1 N–H and O–H groups in total. The summed E-state index contributed by atoms with van der Waals surface area (Å²) in [6.45, 7) is 2.08. The second-order valence-corrected chi connectivity index (χ2v) is 5.72. The van der Waals surface area contributed by atoms with Gasteiger partial charge in [-0.1, -0.05) is 31.0 Å². The number of aromatic amines is 1. The van der Waals surface area contributed by atoms with Crippen LogP contribution in [0, 0.1) is 6.92 Å². The number of aryl methyl sites for hydroxylation is 1. The van der Waals surface area contributed by atoms with E-state index in [1.54, 1.807) is 0 Å². The van der Waals surface area contributed by atoms with E-state index in [1.165, 1.54) is 23.8 Å². The maximum atomic E-state index is 12.3. The number of allylic oxidation sites excluding steroid dienone is 1. The van der Waals surface area contributed by atoms with E-state index in [9.17, 15) is 4.79 Å². The Morgan fingerprint density at radius 2 is 1.80 bits per heavy atom. The van der Waals surface area contributed by atoms with Crippen LogP contribution >= 0.6 is 0 Å². The minimum absolute atomic E-state index is 0.342. The summed E-state index contributed by atoms with van der Waals surface area (Å²) in [4.78, 5) is 15.7. The molecule has 1 aliphatic carbocycles. The Kier molecular flexibility index (Phi) is 3.72. The lowest BCUT2D eigenvalue weighted by Crippen LogP contribution is -2.05. The highest BCUT2D eigenvalue weighted by Crippen LogP contribution is 2.27. The van der Waals surface area contributed by atoms with Crippen molar-refractivity contribution in [1.82, 2.24) is 4.98 Å². The quantitative estimate of drug-likeness (QED) is 0.741. The number of fused-ring (bicyclic) bond motifs is 1. The molecule has 0 unspecified atom stereocenters. The molecule has 2 aromatic rings. The molecule has 0 atom stereocenters. The van der Waals surface area contributed by atoms with Crippen molar-refractivity contribution in [1.29, 1.82) is 0 Å². The molecule has 2 heteroatoms. The van der Waals surface area contributed by atoms with Crippen LogP contribution in [0.5, 0.6) is 0 Å². The maximum Gasteiger partial charge on any atom is 0.158 e. The molecule has 0 spiro atoms. The number of benzene rings is 1. The van der Waals surface area contributed by atoms with Gasteiger partial charge in [0.15, 0.2) is 5.78 Å². The molecule has 1 fully saturated rings. The van der Waals surface area contributed by atoms with E-state index in [2.05, 4.69) is 36.2 Å². The number of carbonyl (C=O) groups is 1. The van der Waals surface area contributed by atoms with Gasteiger partial charge in [-0.2, -0.15) is 0 Å². The fourth-order valence-corrected chi connectivity index (χ4v) is 3.07. The Morgan fingerprint density at radius 3 is 2.65 bits per heavy atom. The van der Waals surface area contributed by atoms with E-state index in [1.807, 2.05) is 6.07 Å². The molecule has 0 aliphatic heterocycles. The topological polar surface area (TPSA) is 32.9 Å². The highest BCUT2D eigenvalue weighted by molar-refractivity contribution is 6.02. The third-order valence-electron chi connectivity index (χ3n) is 4.22. The maximum absolute atomic E-state index is 12.3. The molecule has 0 saturated heterocycles. The number of carbonyl (C=O) groups excluding carboxylic acids is 1. The molecule has 0 bridgehead atoms. The molecule has 20 heavy (non-hydrogen) atoms. The Balaban J connectivity index is 2.03. The Morgan fingerprint density at radius 1 is 1.05 bits per heavy atom. The van der Waals surface area contributed by atoms with Crippen molar-refractivity contribution >= 4 is 22.8 Å². The van der Waals surface area contributed by atoms with Crippen molar-refractivity contribution in [2.75, 3.05) is 0 Å². The van der Waals surface area contributed by atoms with Gasteiger partial charge >= 0.3 is 0 Å². The van der Waals surface area contributed by atoms with Gasteiger partial charge in [-0.05, 0) is 43.9 Å². The number of para-hydroxylation sites is 1. The normalized spacial score (nSPS) is 19.2. The van der Waals surface area contributed by atoms with E-state index in [4.69, 9.17) is 0 Å². The fourth-order valence-electron chi connectivity index (χ4n) is 3.07. The second kappa shape index (κ2) is 5.66. The van der Waals surface area contributed by atoms with Gasteiger partial charge < -0.3 is 4.98 Å². The highest BCUT2D eigenvalue weighted by atomic mass is 16.1. The van der Waals surface area contributed by atoms with Gasteiger partial charge in [0, 0.05) is 28.6 Å². The van der Waals surface area contributed by atoms with E-state index in [0.717, 1.165) is 36.0 Å². The molecule has 3 rings (SSSR count). The summed E-state index contributed by atoms with van der Waals surface area (Å²) in [5.41, 5.74) is 4.49. The van der Waals surface area contributed by atoms with Gasteiger partial charge in [0.25, 0.3) is 0 Å². The molecular weight excluding hydrogens is 246 g/mol. The minimum atomic E-state index is 0.342. The summed E-state index contributed by atoms with van der Waals surface area (Å²) < 4.78 is 0. The van der Waals surface area contributed by atoms with Crippen molar-refractivity contribution in [2.45, 2.75) is 45.4 Å². The number of hydrogen-bond donors (Lipinski definition) is 1. The van der Waals surface area contributed by atoms with Crippen LogP contribution in [0.1, 0.15) is 49.8 Å². The average molecular weight is 267 g/mol. The van der Waals surface area contributed by atoms with Crippen molar-refractivity contribution < 1.29 is 4.79 Å². The lowest BCUT2D eigenvalue weighted by Gasteiger charge is -2.11. The van der Waals surface area contributed by atoms with Crippen LogP contribution in [0.25, 0.3) is 17.0 Å². The van der Waals surface area contributed by atoms with Gasteiger partial charge in [-0.3, -0.25) is 4.79 Å². The molecule has 1 aromatic carbocycles. The first-order valence-corrected chi connectivity index (χ1v) is 7.57. The van der Waals surface area contributed by atoms with E-state index in [0.29, 0.717) is 12.2 Å². The molecule has 1 aliphatic rings. The largest absolute Gasteiger partial charge is 0.358 e. The molecule has 104 valence electrons. The smallest absolute Gasteiger partial charge is 0.158 e. The van der Waals surface area contributed by atoms with Crippen molar-refractivity contribution in [2.24, 2.45) is 0 Å². The summed E-state index contributed by atoms with van der Waals surface area (Å²) in [5.74, 6) is 0.342. The molecule has 0 radical (unpaired) electrons. The zero-order chi connectivity index (χ0) is 13.9. The number of Topliss-reactive ketones (excluding diaryl/α,β-unsaturated/α-hetero) is 1. The number of rotatable bonds is 1. The van der Waals surface area contributed by atoms with E-state index in [-0.39, 0.29) is 0 Å². The Hall–Kier alpha value is -1.83. The lowest BCUT2D eigenvalue weighted by atomic mass is 9.93. The van der Waals surface area contributed by atoms with Crippen LogP contribution in [0.4, 0.5) is 0 Å². The average Bonchev–Trinajstić information content (AvgIpc) is 2.74. The summed E-state index contributed by atoms with van der Waals surface area (Å²) in [5, 5.41) is 1.22. The second-order valence-electron chi connectivity index (χ2n) is 5.72. The first-order chi connectivity index (χ1) is 9.75. The van der Waals surface area contributed by atoms with Crippen molar-refractivity contribution in [3.8, 4) is 0 Å². The summed E-state index contributed by atoms with van der Waals surface area (Å²) in [7, 11) is 0. The number of nitrogens with one attached hydrogen (secondary N) is 1. The minimum Gasteiger partial charge on any atom is -0.358 e. The van der Waals surface area contributed by atoms with Gasteiger partial charge in [0.05, 0.1) is 0 Å². The molecule has 1 aromatic heterocycles. The molecule has 1 heterocycles. The van der Waals surface area contributed by atoms with Crippen LogP contribution in [0.2, 0.25) is 0 Å². The van der Waals surface area contributed by atoms with Gasteiger partial charge in [-0.25, -0.2) is 0 Å². The molecular formula is C18H21NO. The first-order valence-electron chi connectivity index (χ1n) is 7.57. The van der Waals surface area contributed by atoms with Gasteiger partial charge in [0.1, 0.15) is 0 Å². The molecule has 0 amide bonds. The fraction of sp³-hybridized carbons (Fsp3) is 0.389. The van der Waals surface area contributed by atoms with E-state index < -0.39 is 0 Å². The van der Waals surface area contributed by atoms with Crippen LogP contribution in [0.15, 0.2) is 29.8 Å². The number of ketones is 1. The zero-order valence-electron chi connectivity index (χ0n) is 12.0. The third kappa shape index (κ3) is 2.55. The molecule has 1 saturated carbocycles. The van der Waals surface area contributed by atoms with Crippen molar-refractivity contribution in [3.05, 3.63) is 41.1 Å². The zero-order valence-corrected chi connectivity index (χ0v) is 12.0. The van der Waals surface area contributed by atoms with Gasteiger partial charge in [-0.15, -0.1) is 0 Å². The van der Waals surface area contributed by atoms with Crippen LogP contribution in [-0.2, 0) is 4.79 Å². The third-order valence-corrected chi connectivity index (χ3v) is 4.22. The number of hydrogen-bond acceptors (Lipinski definition) is 1. The highest BCUT2D eigenvalue weighted by Gasteiger charge is 2.14. The first kappa shape index (κ1) is 13.2. The van der Waals surface area contributed by atoms with Gasteiger partial charge in [0.2, 0.25) is 0 Å². The monoisotopic (exact) mass is 267 g/mol. The number of H-pyrrole nitrogens is 1. The predicted octanol–water partition coefficient (Wildman–Crippen LogP) is 4.78.